The number of aromatic amines is 1. The Balaban J connectivity index is 1.28. The van der Waals surface area contributed by atoms with Crippen LogP contribution < -0.4 is 9.64 Å². The number of fused-ring (bicyclic) bond motifs is 1. The van der Waals surface area contributed by atoms with Crippen molar-refractivity contribution < 1.29 is 22.7 Å². The van der Waals surface area contributed by atoms with Gasteiger partial charge in [0.05, 0.1) is 0 Å². The van der Waals surface area contributed by atoms with Crippen molar-refractivity contribution in [3.8, 4) is 5.75 Å². The molecule has 3 aromatic rings. The number of nitrogens with one attached hydrogen (secondary N) is 1. The fraction of sp³-hybridized carbons (Fsp3) is 0.483. The van der Waals surface area contributed by atoms with Crippen LogP contribution in [0.15, 0.2) is 54.7 Å². The average molecular weight is 514 g/mol. The molecular formula is C29H34F3N3O2. The van der Waals surface area contributed by atoms with E-state index in [1.54, 1.807) is 12.1 Å². The van der Waals surface area contributed by atoms with Crippen LogP contribution in [-0.2, 0) is 4.79 Å². The van der Waals surface area contributed by atoms with E-state index >= 15 is 0 Å². The number of halogens is 3. The summed E-state index contributed by atoms with van der Waals surface area (Å²) < 4.78 is 43.8. The van der Waals surface area contributed by atoms with Crippen molar-refractivity contribution in [3.63, 3.8) is 0 Å². The molecule has 1 atom stereocenters. The monoisotopic (exact) mass is 513 g/mol. The highest BCUT2D eigenvalue weighted by atomic mass is 19.4. The van der Waals surface area contributed by atoms with Gasteiger partial charge < -0.3 is 14.6 Å². The fourth-order valence-electron chi connectivity index (χ4n) is 5.98. The quantitative estimate of drug-likeness (QED) is 0.373. The van der Waals surface area contributed by atoms with E-state index in [0.717, 1.165) is 63.8 Å². The van der Waals surface area contributed by atoms with Crippen molar-refractivity contribution in [3.05, 3.63) is 60.3 Å². The van der Waals surface area contributed by atoms with Gasteiger partial charge in [-0.3, -0.25) is 9.69 Å². The molecule has 1 saturated carbocycles. The first kappa shape index (κ1) is 25.6. The Kier molecular flexibility index (Phi) is 7.74. The summed E-state index contributed by atoms with van der Waals surface area (Å²) in [6, 6.07) is 14.5. The van der Waals surface area contributed by atoms with E-state index in [0.29, 0.717) is 18.5 Å². The Hall–Kier alpha value is -3.00. The molecule has 1 saturated heterocycles. The number of para-hydroxylation sites is 1. The lowest BCUT2D eigenvalue weighted by Gasteiger charge is -2.37. The molecule has 37 heavy (non-hydrogen) atoms. The van der Waals surface area contributed by atoms with Crippen molar-refractivity contribution in [1.29, 1.82) is 0 Å². The minimum absolute atomic E-state index is 0.0655. The topological polar surface area (TPSA) is 48.6 Å². The van der Waals surface area contributed by atoms with Crippen LogP contribution in [0.1, 0.15) is 50.0 Å². The number of anilines is 1. The third kappa shape index (κ3) is 6.12. The molecule has 1 aliphatic heterocycles. The number of ether oxygens (including phenoxy) is 1. The Morgan fingerprint density at radius 2 is 1.73 bits per heavy atom. The number of carbonyl (C=O) groups excluding carboxylic acids is 1. The standard InChI is InChI=1S/C29H34F3N3O2/c30-29(31,32)37-27-12-5-4-9-22(27)23(28(36)21-7-2-1-3-8-21)14-16-34-17-19-35(20-18-34)26-11-6-10-25-24(26)13-15-33-25/h4-6,9-13,15,21,23,33H,1-3,7-8,14,16-20H2. The van der Waals surface area contributed by atoms with Gasteiger partial charge in [0.2, 0.25) is 0 Å². The Labute approximate surface area is 215 Å². The number of hydrogen-bond donors (Lipinski definition) is 1. The molecule has 2 aliphatic rings. The predicted molar refractivity (Wildman–Crippen MR) is 139 cm³/mol. The van der Waals surface area contributed by atoms with Crippen LogP contribution in [0.25, 0.3) is 10.9 Å². The lowest BCUT2D eigenvalue weighted by molar-refractivity contribution is -0.275. The summed E-state index contributed by atoms with van der Waals surface area (Å²) in [4.78, 5) is 21.6. The van der Waals surface area contributed by atoms with Crippen molar-refractivity contribution in [2.24, 2.45) is 5.92 Å². The molecule has 198 valence electrons. The summed E-state index contributed by atoms with van der Waals surface area (Å²) in [5, 5.41) is 1.20. The highest BCUT2D eigenvalue weighted by Crippen LogP contribution is 2.38. The maximum Gasteiger partial charge on any atom is 0.573 e. The summed E-state index contributed by atoms with van der Waals surface area (Å²) in [7, 11) is 0. The summed E-state index contributed by atoms with van der Waals surface area (Å²) in [6.45, 7) is 4.06. The van der Waals surface area contributed by atoms with E-state index in [1.807, 2.05) is 6.20 Å². The summed E-state index contributed by atoms with van der Waals surface area (Å²) >= 11 is 0. The first-order valence-electron chi connectivity index (χ1n) is 13.3. The Morgan fingerprint density at radius 1 is 0.973 bits per heavy atom. The molecule has 1 aliphatic carbocycles. The molecule has 0 bridgehead atoms. The maximum absolute atomic E-state index is 13.7. The maximum atomic E-state index is 13.7. The minimum Gasteiger partial charge on any atom is -0.405 e. The number of aromatic nitrogens is 1. The predicted octanol–water partition coefficient (Wildman–Crippen LogP) is 6.51. The SMILES string of the molecule is O=C(C1CCCCC1)C(CCN1CCN(c2cccc3[nH]ccc23)CC1)c1ccccc1OC(F)(F)F. The van der Waals surface area contributed by atoms with E-state index in [2.05, 4.69) is 43.8 Å². The molecule has 1 aromatic heterocycles. The molecule has 2 fully saturated rings. The van der Waals surface area contributed by atoms with E-state index in [-0.39, 0.29) is 17.5 Å². The number of alkyl halides is 3. The van der Waals surface area contributed by atoms with Gasteiger partial charge in [-0.2, -0.15) is 0 Å². The van der Waals surface area contributed by atoms with Gasteiger partial charge >= 0.3 is 6.36 Å². The van der Waals surface area contributed by atoms with Crippen molar-refractivity contribution in [2.45, 2.75) is 50.8 Å². The number of ketones is 1. The van der Waals surface area contributed by atoms with Crippen LogP contribution in [0, 0.1) is 5.92 Å². The molecule has 5 nitrogen and oxygen atoms in total. The van der Waals surface area contributed by atoms with E-state index in [4.69, 9.17) is 0 Å². The first-order chi connectivity index (χ1) is 17.9. The molecule has 0 radical (unpaired) electrons. The Bertz CT molecular complexity index is 1190. The summed E-state index contributed by atoms with van der Waals surface area (Å²) in [6.07, 6.45) is 2.40. The average Bonchev–Trinajstić information content (AvgIpc) is 3.39. The van der Waals surface area contributed by atoms with Crippen LogP contribution in [0.4, 0.5) is 18.9 Å². The molecule has 0 amide bonds. The van der Waals surface area contributed by atoms with Gasteiger partial charge in [-0.25, -0.2) is 0 Å². The van der Waals surface area contributed by atoms with Gasteiger partial charge in [-0.05, 0) is 50.1 Å². The highest BCUT2D eigenvalue weighted by Gasteiger charge is 2.36. The number of carbonyl (C=O) groups is 1. The van der Waals surface area contributed by atoms with Crippen LogP contribution in [0.2, 0.25) is 0 Å². The molecule has 0 spiro atoms. The largest absolute Gasteiger partial charge is 0.573 e. The smallest absolute Gasteiger partial charge is 0.405 e. The Morgan fingerprint density at radius 3 is 2.49 bits per heavy atom. The highest BCUT2D eigenvalue weighted by molar-refractivity contribution is 5.92. The number of piperazine rings is 1. The molecule has 1 unspecified atom stereocenters. The zero-order valence-electron chi connectivity index (χ0n) is 21.0. The third-order valence-electron chi connectivity index (χ3n) is 7.89. The van der Waals surface area contributed by atoms with Gasteiger partial charge in [0.25, 0.3) is 0 Å². The summed E-state index contributed by atoms with van der Waals surface area (Å²) in [5.74, 6) is -0.881. The van der Waals surface area contributed by atoms with Crippen molar-refractivity contribution >= 4 is 22.4 Å². The van der Waals surface area contributed by atoms with Crippen molar-refractivity contribution in [1.82, 2.24) is 9.88 Å². The molecule has 5 rings (SSSR count). The third-order valence-corrected chi connectivity index (χ3v) is 7.89. The first-order valence-corrected chi connectivity index (χ1v) is 13.3. The molecular weight excluding hydrogens is 479 g/mol. The van der Waals surface area contributed by atoms with Crippen molar-refractivity contribution in [2.75, 3.05) is 37.6 Å². The van der Waals surface area contributed by atoms with Gasteiger partial charge in [0.15, 0.2) is 0 Å². The molecule has 2 heterocycles. The lowest BCUT2D eigenvalue weighted by atomic mass is 9.78. The molecule has 8 heteroatoms. The number of H-pyrrole nitrogens is 1. The van der Waals surface area contributed by atoms with Crippen LogP contribution in [-0.4, -0.2) is 54.8 Å². The second kappa shape index (κ2) is 11.2. The normalized spacial score (nSPS) is 18.7. The van der Waals surface area contributed by atoms with Gasteiger partial charge in [0, 0.05) is 66.4 Å². The second-order valence-electron chi connectivity index (χ2n) is 10.2. The van der Waals surface area contributed by atoms with E-state index < -0.39 is 12.3 Å². The van der Waals surface area contributed by atoms with Gasteiger partial charge in [0.1, 0.15) is 11.5 Å². The van der Waals surface area contributed by atoms with Crippen LogP contribution >= 0.6 is 0 Å². The van der Waals surface area contributed by atoms with Crippen LogP contribution in [0.5, 0.6) is 5.75 Å². The molecule has 1 N–H and O–H groups in total. The number of rotatable bonds is 8. The van der Waals surface area contributed by atoms with Crippen LogP contribution in [0.3, 0.4) is 0 Å². The molecule has 2 aromatic carbocycles. The fourth-order valence-corrected chi connectivity index (χ4v) is 5.98. The van der Waals surface area contributed by atoms with Gasteiger partial charge in [-0.1, -0.05) is 43.5 Å². The number of nitrogens with zero attached hydrogens (tertiary/aromatic N) is 2. The second-order valence-corrected chi connectivity index (χ2v) is 10.2. The van der Waals surface area contributed by atoms with E-state index in [9.17, 15) is 18.0 Å². The van der Waals surface area contributed by atoms with Gasteiger partial charge in [-0.15, -0.1) is 13.2 Å². The van der Waals surface area contributed by atoms with E-state index in [1.165, 1.54) is 23.2 Å². The number of hydrogen-bond acceptors (Lipinski definition) is 4. The zero-order valence-corrected chi connectivity index (χ0v) is 21.0. The lowest BCUT2D eigenvalue weighted by Crippen LogP contribution is -2.47. The zero-order chi connectivity index (χ0) is 25.8. The minimum atomic E-state index is -4.80. The number of benzene rings is 2. The summed E-state index contributed by atoms with van der Waals surface area (Å²) in [5.41, 5.74) is 2.68. The number of Topliss-reactive ketones (excluding diaryl/α,β-unsaturated/α-hetero) is 1.